The second kappa shape index (κ2) is 15.0. The standard InChI is InChI=1S/C71H46/c1-6-20-42(21-7-1)67-49-32-18-16-30-47(49)51-34-61-53(36-59(51)67)55-38-65-57(40-63(55)69(61)44-24-10-3-11-25-44)58-41-64-56(39-66(58)71(65)46-28-14-5-15-29-46)54-37-60-52(35-62(54)70(64)45-26-12-4-13-27-45)48-31-17-19-33-50(48)68(60)43-22-8-2-9-23-43/h1-41,67-71H. The fourth-order valence-corrected chi connectivity index (χ4v) is 14.2. The van der Waals surface area contributed by atoms with Gasteiger partial charge < -0.3 is 0 Å². The first-order chi connectivity index (χ1) is 35.2. The molecule has 0 spiro atoms. The minimum atomic E-state index is 0.0850. The Morgan fingerprint density at radius 3 is 0.535 bits per heavy atom. The summed E-state index contributed by atoms with van der Waals surface area (Å²) < 4.78 is 0. The molecule has 5 aliphatic carbocycles. The summed E-state index contributed by atoms with van der Waals surface area (Å²) in [4.78, 5) is 0. The van der Waals surface area contributed by atoms with Crippen LogP contribution < -0.4 is 0 Å². The first kappa shape index (κ1) is 39.3. The zero-order chi connectivity index (χ0) is 46.3. The molecule has 4 atom stereocenters. The van der Waals surface area contributed by atoms with Gasteiger partial charge in [-0.2, -0.15) is 0 Å². The van der Waals surface area contributed by atoms with Gasteiger partial charge in [0.05, 0.1) is 0 Å². The predicted octanol–water partition coefficient (Wildman–Crippen LogP) is 17.5. The smallest absolute Gasteiger partial charge is 0.0352 e. The van der Waals surface area contributed by atoms with E-state index in [2.05, 4.69) is 249 Å². The van der Waals surface area contributed by atoms with Gasteiger partial charge in [-0.15, -0.1) is 0 Å². The molecule has 5 aliphatic rings. The highest BCUT2D eigenvalue weighted by atomic mass is 14.5. The van der Waals surface area contributed by atoms with Crippen molar-refractivity contribution in [3.63, 3.8) is 0 Å². The van der Waals surface area contributed by atoms with Crippen molar-refractivity contribution in [3.05, 3.63) is 332 Å². The molecule has 0 fully saturated rings. The van der Waals surface area contributed by atoms with E-state index in [0.29, 0.717) is 0 Å². The Balaban J connectivity index is 0.931. The van der Waals surface area contributed by atoms with E-state index in [-0.39, 0.29) is 29.6 Å². The second-order valence-electron chi connectivity index (χ2n) is 20.5. The van der Waals surface area contributed by atoms with Gasteiger partial charge in [0.25, 0.3) is 0 Å². The van der Waals surface area contributed by atoms with Crippen molar-refractivity contribution in [2.24, 2.45) is 0 Å². The molecule has 0 radical (unpaired) electrons. The van der Waals surface area contributed by atoms with Gasteiger partial charge in [-0.1, -0.05) is 200 Å². The average molecular weight is 899 g/mol. The highest BCUT2D eigenvalue weighted by Gasteiger charge is 2.42. The van der Waals surface area contributed by atoms with Gasteiger partial charge in [0.2, 0.25) is 0 Å². The SMILES string of the molecule is c1ccc(C2c3ccccc3-c3cc4c(cc32)-c2cc3c(cc2C4c2ccccc2)-c2cc4c(cc2C3c2ccccc2)-c2cc3c(cc2C4c2ccccc2)-c2ccccc2C3c2ccccc2)cc1. The number of fused-ring (bicyclic) bond motifs is 15. The summed E-state index contributed by atoms with van der Waals surface area (Å²) in [5, 5.41) is 0. The Hall–Kier alpha value is -8.58. The third-order valence-electron chi connectivity index (χ3n) is 17.0. The molecule has 0 heterocycles. The maximum atomic E-state index is 2.62. The van der Waals surface area contributed by atoms with E-state index < -0.39 is 0 Å². The van der Waals surface area contributed by atoms with Crippen molar-refractivity contribution < 1.29 is 0 Å². The van der Waals surface area contributed by atoms with E-state index in [0.717, 1.165) is 0 Å². The molecular formula is C71H46. The molecule has 0 saturated carbocycles. The highest BCUT2D eigenvalue weighted by Crippen LogP contribution is 2.62. The summed E-state index contributed by atoms with van der Waals surface area (Å²) >= 11 is 0. The van der Waals surface area contributed by atoms with Gasteiger partial charge >= 0.3 is 0 Å². The van der Waals surface area contributed by atoms with Gasteiger partial charge in [0.15, 0.2) is 0 Å². The highest BCUT2D eigenvalue weighted by molar-refractivity contribution is 5.96. The van der Waals surface area contributed by atoms with Crippen molar-refractivity contribution in [1.82, 2.24) is 0 Å². The van der Waals surface area contributed by atoms with Crippen LogP contribution >= 0.6 is 0 Å². The fourth-order valence-electron chi connectivity index (χ4n) is 14.2. The van der Waals surface area contributed by atoms with Crippen molar-refractivity contribution >= 4 is 0 Å². The van der Waals surface area contributed by atoms with Crippen LogP contribution in [0.3, 0.4) is 0 Å². The number of hydrogen-bond acceptors (Lipinski definition) is 0. The van der Waals surface area contributed by atoms with Gasteiger partial charge in [0.1, 0.15) is 0 Å². The zero-order valence-corrected chi connectivity index (χ0v) is 39.1. The molecule has 0 amide bonds. The molecule has 11 aromatic carbocycles. The average Bonchev–Trinajstić information content (AvgIpc) is 4.21. The van der Waals surface area contributed by atoms with E-state index in [1.807, 2.05) is 0 Å². The molecule has 0 aromatic heterocycles. The molecule has 0 bridgehead atoms. The quantitative estimate of drug-likeness (QED) is 0.161. The molecule has 0 N–H and O–H groups in total. The first-order valence-electron chi connectivity index (χ1n) is 25.4. The van der Waals surface area contributed by atoms with Crippen LogP contribution in [0.1, 0.15) is 113 Å². The monoisotopic (exact) mass is 898 g/mol. The molecule has 4 unspecified atom stereocenters. The predicted molar refractivity (Wildman–Crippen MR) is 291 cm³/mol. The largest absolute Gasteiger partial charge is 0.0622 e. The molecule has 16 rings (SSSR count). The fraction of sp³-hybridized carbons (Fsp3) is 0.0704. The van der Waals surface area contributed by atoms with Gasteiger partial charge in [-0.05, 0) is 188 Å². The molecule has 330 valence electrons. The van der Waals surface area contributed by atoms with Gasteiger partial charge in [-0.25, -0.2) is 0 Å². The summed E-state index contributed by atoms with van der Waals surface area (Å²) in [6, 6.07) is 95.2. The Morgan fingerprint density at radius 1 is 0.141 bits per heavy atom. The summed E-state index contributed by atoms with van der Waals surface area (Å²) in [6.07, 6.45) is 0. The molecular weight excluding hydrogens is 853 g/mol. The third-order valence-corrected chi connectivity index (χ3v) is 17.0. The van der Waals surface area contributed by atoms with Gasteiger partial charge in [-0.3, -0.25) is 0 Å². The lowest BCUT2D eigenvalue weighted by Gasteiger charge is -2.18. The van der Waals surface area contributed by atoms with E-state index in [1.165, 1.54) is 139 Å². The minimum absolute atomic E-state index is 0.0850. The third kappa shape index (κ3) is 5.56. The van der Waals surface area contributed by atoms with Gasteiger partial charge in [0, 0.05) is 29.6 Å². The zero-order valence-electron chi connectivity index (χ0n) is 39.1. The van der Waals surface area contributed by atoms with Crippen molar-refractivity contribution in [3.8, 4) is 55.6 Å². The van der Waals surface area contributed by atoms with Crippen LogP contribution in [-0.4, -0.2) is 0 Å². The molecule has 0 nitrogen and oxygen atoms in total. The lowest BCUT2D eigenvalue weighted by Crippen LogP contribution is -2.01. The lowest BCUT2D eigenvalue weighted by molar-refractivity contribution is 0.993. The minimum Gasteiger partial charge on any atom is -0.0622 e. The Labute approximate surface area is 415 Å². The summed E-state index contributed by atoms with van der Waals surface area (Å²) in [7, 11) is 0. The van der Waals surface area contributed by atoms with Crippen LogP contribution in [-0.2, 0) is 0 Å². The van der Waals surface area contributed by atoms with Crippen LogP contribution in [0.15, 0.2) is 249 Å². The molecule has 0 aliphatic heterocycles. The number of benzene rings is 11. The maximum absolute atomic E-state index is 2.62. The first-order valence-corrected chi connectivity index (χ1v) is 25.4. The van der Waals surface area contributed by atoms with E-state index in [4.69, 9.17) is 0 Å². The van der Waals surface area contributed by atoms with Crippen LogP contribution in [0.4, 0.5) is 0 Å². The van der Waals surface area contributed by atoms with Crippen molar-refractivity contribution in [1.29, 1.82) is 0 Å². The van der Waals surface area contributed by atoms with E-state index in [9.17, 15) is 0 Å². The molecule has 11 aromatic rings. The number of hydrogen-bond donors (Lipinski definition) is 0. The van der Waals surface area contributed by atoms with E-state index in [1.54, 1.807) is 0 Å². The maximum Gasteiger partial charge on any atom is 0.0352 e. The Morgan fingerprint density at radius 2 is 0.310 bits per heavy atom. The Bertz CT molecular complexity index is 3740. The Kier molecular flexibility index (Phi) is 8.28. The lowest BCUT2D eigenvalue weighted by atomic mass is 9.85. The second-order valence-corrected chi connectivity index (χ2v) is 20.5. The van der Waals surface area contributed by atoms with Crippen molar-refractivity contribution in [2.75, 3.05) is 0 Å². The molecule has 71 heavy (non-hydrogen) atoms. The molecule has 0 saturated heterocycles. The topological polar surface area (TPSA) is 0 Å². The van der Waals surface area contributed by atoms with Crippen LogP contribution in [0, 0.1) is 0 Å². The number of rotatable bonds is 5. The van der Waals surface area contributed by atoms with Crippen molar-refractivity contribution in [2.45, 2.75) is 29.6 Å². The molecule has 0 heteroatoms. The summed E-state index contributed by atoms with van der Waals surface area (Å²) in [5.74, 6) is 0.671. The summed E-state index contributed by atoms with van der Waals surface area (Å²) in [5.41, 5.74) is 34.4. The van der Waals surface area contributed by atoms with Crippen LogP contribution in [0.5, 0.6) is 0 Å². The van der Waals surface area contributed by atoms with E-state index >= 15 is 0 Å². The van der Waals surface area contributed by atoms with Crippen LogP contribution in [0.2, 0.25) is 0 Å². The van der Waals surface area contributed by atoms with Crippen LogP contribution in [0.25, 0.3) is 55.6 Å². The normalized spacial score (nSPS) is 18.6. The summed E-state index contributed by atoms with van der Waals surface area (Å²) in [6.45, 7) is 0.